The Morgan fingerprint density at radius 1 is 1.16 bits per heavy atom. The number of nitrogens with zero attached hydrogens (tertiary/aromatic N) is 3. The van der Waals surface area contributed by atoms with E-state index >= 15 is 0 Å². The van der Waals surface area contributed by atoms with Gasteiger partial charge in [-0.25, -0.2) is 0 Å². The normalized spacial score (nSPS) is 14.5. The molecule has 4 rings (SSSR count). The fraction of sp³-hybridized carbons (Fsp3) is 0.304. The van der Waals surface area contributed by atoms with Crippen LogP contribution in [0.25, 0.3) is 10.9 Å². The first-order valence-corrected chi connectivity index (χ1v) is 10.2. The molecule has 32 heavy (non-hydrogen) atoms. The van der Waals surface area contributed by atoms with Crippen LogP contribution in [0.4, 0.5) is 24.5 Å². The molecule has 1 aliphatic heterocycles. The van der Waals surface area contributed by atoms with Crippen molar-refractivity contribution in [3.63, 3.8) is 0 Å². The number of anilines is 2. The molecule has 0 atom stereocenters. The third-order valence-corrected chi connectivity index (χ3v) is 5.72. The number of β-amino-alcohol motifs (C(OH)–C–C–N with tert-alkyl or cyclic N) is 1. The van der Waals surface area contributed by atoms with Gasteiger partial charge in [-0.3, -0.25) is 9.59 Å². The molecule has 0 radical (unpaired) electrons. The Bertz CT molecular complexity index is 1250. The van der Waals surface area contributed by atoms with Gasteiger partial charge in [-0.15, -0.1) is 0 Å². The lowest BCUT2D eigenvalue weighted by atomic mass is 10.0. The summed E-state index contributed by atoms with van der Waals surface area (Å²) in [5, 5.41) is 10.3. The number of aliphatic hydroxyl groups is 1. The number of alkyl halides is 3. The minimum Gasteiger partial charge on any atom is -0.389 e. The summed E-state index contributed by atoms with van der Waals surface area (Å²) in [4.78, 5) is 28.7. The lowest BCUT2D eigenvalue weighted by molar-refractivity contribution is -0.137. The van der Waals surface area contributed by atoms with Crippen molar-refractivity contribution in [3.8, 4) is 0 Å². The second-order valence-electron chi connectivity index (χ2n) is 7.82. The average molecular weight is 445 g/mol. The Labute approximate surface area is 182 Å². The highest BCUT2D eigenvalue weighted by atomic mass is 19.4. The molecule has 3 aromatic rings. The van der Waals surface area contributed by atoms with Crippen LogP contribution < -0.4 is 15.4 Å². The molecule has 168 valence electrons. The van der Waals surface area contributed by atoms with Gasteiger partial charge >= 0.3 is 6.18 Å². The minimum atomic E-state index is -4.51. The van der Waals surface area contributed by atoms with Crippen LogP contribution >= 0.6 is 0 Å². The molecule has 9 heteroatoms. The first kappa shape index (κ1) is 21.9. The number of carbonyl (C=O) groups excluding carboxylic acids is 1. The fourth-order valence-electron chi connectivity index (χ4n) is 3.94. The molecular weight excluding hydrogens is 423 g/mol. The Morgan fingerprint density at radius 2 is 1.88 bits per heavy atom. The van der Waals surface area contributed by atoms with Gasteiger partial charge in [0.1, 0.15) is 0 Å². The van der Waals surface area contributed by atoms with E-state index in [1.807, 2.05) is 11.8 Å². The van der Waals surface area contributed by atoms with E-state index in [2.05, 4.69) is 0 Å². The smallest absolute Gasteiger partial charge is 0.389 e. The van der Waals surface area contributed by atoms with E-state index in [9.17, 15) is 27.9 Å². The molecule has 0 aliphatic carbocycles. The number of halogens is 3. The molecular formula is C23H22F3N3O3. The van der Waals surface area contributed by atoms with Crippen LogP contribution in [-0.4, -0.2) is 41.8 Å². The Morgan fingerprint density at radius 3 is 2.50 bits per heavy atom. The van der Waals surface area contributed by atoms with E-state index < -0.39 is 23.8 Å². The number of benzene rings is 2. The molecule has 1 aliphatic rings. The van der Waals surface area contributed by atoms with Crippen molar-refractivity contribution < 1.29 is 23.1 Å². The van der Waals surface area contributed by atoms with Gasteiger partial charge in [0.05, 0.1) is 22.9 Å². The largest absolute Gasteiger partial charge is 0.416 e. The van der Waals surface area contributed by atoms with Crippen molar-refractivity contribution in [3.05, 3.63) is 70.0 Å². The van der Waals surface area contributed by atoms with E-state index in [1.165, 1.54) is 30.1 Å². The monoisotopic (exact) mass is 445 g/mol. The van der Waals surface area contributed by atoms with Crippen molar-refractivity contribution >= 4 is 28.2 Å². The maximum atomic E-state index is 13.1. The molecule has 2 heterocycles. The maximum Gasteiger partial charge on any atom is 0.416 e. The van der Waals surface area contributed by atoms with Crippen molar-refractivity contribution in [1.82, 2.24) is 4.57 Å². The van der Waals surface area contributed by atoms with Crippen molar-refractivity contribution in [2.45, 2.75) is 25.7 Å². The first-order chi connectivity index (χ1) is 15.1. The summed E-state index contributed by atoms with van der Waals surface area (Å²) in [7, 11) is 1.42. The number of pyridine rings is 1. The van der Waals surface area contributed by atoms with Crippen LogP contribution in [0.2, 0.25) is 0 Å². The highest BCUT2D eigenvalue weighted by Crippen LogP contribution is 2.33. The molecule has 1 fully saturated rings. The maximum absolute atomic E-state index is 13.1. The summed E-state index contributed by atoms with van der Waals surface area (Å²) in [5.74, 6) is -0.477. The van der Waals surface area contributed by atoms with Crippen LogP contribution in [0.1, 0.15) is 22.8 Å². The van der Waals surface area contributed by atoms with Gasteiger partial charge in [0, 0.05) is 49.4 Å². The Balaban J connectivity index is 1.76. The highest BCUT2D eigenvalue weighted by molar-refractivity contribution is 6.08. The lowest BCUT2D eigenvalue weighted by Crippen LogP contribution is -2.51. The van der Waals surface area contributed by atoms with E-state index in [1.54, 1.807) is 22.8 Å². The summed E-state index contributed by atoms with van der Waals surface area (Å²) in [6.07, 6.45) is -4.99. The molecule has 0 saturated carbocycles. The molecule has 1 amide bonds. The number of fused-ring (bicyclic) bond motifs is 1. The van der Waals surface area contributed by atoms with Crippen LogP contribution in [0.5, 0.6) is 0 Å². The zero-order valence-corrected chi connectivity index (χ0v) is 17.6. The van der Waals surface area contributed by atoms with E-state index in [0.29, 0.717) is 36.2 Å². The number of aliphatic hydroxyl groups excluding tert-OH is 1. The third-order valence-electron chi connectivity index (χ3n) is 5.72. The quantitative estimate of drug-likeness (QED) is 0.668. The Hall–Kier alpha value is -3.33. The standard InChI is InChI=1S/C23H22F3N3O3/c1-3-29-19-8-7-14(9-18(19)20(11-21(29)31)28-12-17(30)13-28)22(32)27(2)16-6-4-5-15(10-16)23(24,25)26/h4-11,17,30H,3,12-13H2,1-2H3. The summed E-state index contributed by atoms with van der Waals surface area (Å²) in [6, 6.07) is 11.0. The zero-order chi connectivity index (χ0) is 23.2. The van der Waals surface area contributed by atoms with Crippen LogP contribution in [0.15, 0.2) is 53.3 Å². The second-order valence-corrected chi connectivity index (χ2v) is 7.82. The van der Waals surface area contributed by atoms with Crippen molar-refractivity contribution in [2.75, 3.05) is 29.9 Å². The van der Waals surface area contributed by atoms with Crippen molar-refractivity contribution in [1.29, 1.82) is 0 Å². The van der Waals surface area contributed by atoms with E-state index in [4.69, 9.17) is 0 Å². The van der Waals surface area contributed by atoms with Crippen LogP contribution in [0, 0.1) is 0 Å². The first-order valence-electron chi connectivity index (χ1n) is 10.2. The number of aryl methyl sites for hydroxylation is 1. The number of carbonyl (C=O) groups is 1. The topological polar surface area (TPSA) is 65.8 Å². The van der Waals surface area contributed by atoms with Gasteiger partial charge in [-0.05, 0) is 43.3 Å². The van der Waals surface area contributed by atoms with Gasteiger partial charge in [-0.1, -0.05) is 6.07 Å². The van der Waals surface area contributed by atoms with Gasteiger partial charge in [0.2, 0.25) is 0 Å². The number of rotatable bonds is 4. The Kier molecular flexibility index (Phi) is 5.46. The average Bonchev–Trinajstić information content (AvgIpc) is 2.74. The fourth-order valence-corrected chi connectivity index (χ4v) is 3.94. The third kappa shape index (κ3) is 3.84. The predicted octanol–water partition coefficient (Wildman–Crippen LogP) is 3.50. The zero-order valence-electron chi connectivity index (χ0n) is 17.6. The summed E-state index contributed by atoms with van der Waals surface area (Å²) in [5.41, 5.74) is 0.650. The van der Waals surface area contributed by atoms with Crippen LogP contribution in [-0.2, 0) is 12.7 Å². The van der Waals surface area contributed by atoms with E-state index in [-0.39, 0.29) is 16.8 Å². The van der Waals surface area contributed by atoms with Crippen LogP contribution in [0.3, 0.4) is 0 Å². The van der Waals surface area contributed by atoms with Crippen molar-refractivity contribution in [2.24, 2.45) is 0 Å². The molecule has 1 saturated heterocycles. The van der Waals surface area contributed by atoms with Gasteiger partial charge in [-0.2, -0.15) is 13.2 Å². The second kappa shape index (κ2) is 7.98. The molecule has 6 nitrogen and oxygen atoms in total. The molecule has 1 aromatic heterocycles. The minimum absolute atomic E-state index is 0.120. The summed E-state index contributed by atoms with van der Waals surface area (Å²) >= 11 is 0. The summed E-state index contributed by atoms with van der Waals surface area (Å²) < 4.78 is 40.8. The molecule has 0 unspecified atom stereocenters. The molecule has 1 N–H and O–H groups in total. The SMILES string of the molecule is CCn1c(=O)cc(N2CC(O)C2)c2cc(C(=O)N(C)c3cccc(C(F)(F)F)c3)ccc21. The lowest BCUT2D eigenvalue weighted by Gasteiger charge is -2.38. The van der Waals surface area contributed by atoms with E-state index in [0.717, 1.165) is 12.1 Å². The number of aromatic nitrogens is 1. The van der Waals surface area contributed by atoms with Gasteiger partial charge in [0.25, 0.3) is 11.5 Å². The van der Waals surface area contributed by atoms with Gasteiger partial charge in [0.15, 0.2) is 0 Å². The predicted molar refractivity (Wildman–Crippen MR) is 116 cm³/mol. The molecule has 2 aromatic carbocycles. The molecule has 0 spiro atoms. The number of hydrogen-bond donors (Lipinski definition) is 1. The summed E-state index contributed by atoms with van der Waals surface area (Å²) in [6.45, 7) is 3.05. The molecule has 0 bridgehead atoms. The number of amides is 1. The number of hydrogen-bond acceptors (Lipinski definition) is 4. The highest BCUT2D eigenvalue weighted by Gasteiger charge is 2.31. The van der Waals surface area contributed by atoms with Gasteiger partial charge < -0.3 is 19.5 Å².